The van der Waals surface area contributed by atoms with Crippen molar-refractivity contribution in [2.75, 3.05) is 5.73 Å². The van der Waals surface area contributed by atoms with Gasteiger partial charge in [-0.2, -0.15) is 0 Å². The molecule has 1 aromatic rings. The van der Waals surface area contributed by atoms with Crippen molar-refractivity contribution in [3.63, 3.8) is 0 Å². The number of primary amides is 1. The Morgan fingerprint density at radius 2 is 2.27 bits per heavy atom. The van der Waals surface area contributed by atoms with Crippen molar-refractivity contribution >= 4 is 27.5 Å². The number of carbonyl (C=O) groups is 1. The van der Waals surface area contributed by atoms with Gasteiger partial charge in [-0.1, -0.05) is 0 Å². The molecule has 0 aliphatic heterocycles. The maximum absolute atomic E-state index is 10.6. The van der Waals surface area contributed by atoms with E-state index in [1.807, 2.05) is 0 Å². The lowest BCUT2D eigenvalue weighted by molar-refractivity contribution is 0.0995. The molecule has 0 aliphatic rings. The monoisotopic (exact) mass is 215 g/mol. The fourth-order valence-electron chi connectivity index (χ4n) is 0.630. The fourth-order valence-corrected chi connectivity index (χ4v) is 1.06. The SMILES string of the molecule is NC(=O)c1nccc(N)c1Br. The first kappa shape index (κ1) is 8.00. The molecule has 0 unspecified atom stereocenters. The molecule has 58 valence electrons. The van der Waals surface area contributed by atoms with Crippen molar-refractivity contribution in [2.24, 2.45) is 5.73 Å². The number of nitrogen functional groups attached to an aromatic ring is 1. The predicted octanol–water partition coefficient (Wildman–Crippen LogP) is 0.525. The average Bonchev–Trinajstić information content (AvgIpc) is 1.94. The van der Waals surface area contributed by atoms with Gasteiger partial charge in [0.2, 0.25) is 0 Å². The number of hydrogen-bond acceptors (Lipinski definition) is 3. The van der Waals surface area contributed by atoms with Gasteiger partial charge >= 0.3 is 0 Å². The van der Waals surface area contributed by atoms with Gasteiger partial charge in [-0.05, 0) is 22.0 Å². The van der Waals surface area contributed by atoms with E-state index >= 15 is 0 Å². The van der Waals surface area contributed by atoms with E-state index in [9.17, 15) is 4.79 Å². The number of nitrogens with zero attached hydrogens (tertiary/aromatic N) is 1. The first-order valence-corrected chi connectivity index (χ1v) is 3.62. The van der Waals surface area contributed by atoms with Crippen molar-refractivity contribution in [1.82, 2.24) is 4.98 Å². The summed E-state index contributed by atoms with van der Waals surface area (Å²) in [5.41, 5.74) is 11.1. The van der Waals surface area contributed by atoms with Crippen LogP contribution in [-0.4, -0.2) is 10.9 Å². The summed E-state index contributed by atoms with van der Waals surface area (Å²) in [4.78, 5) is 14.4. The molecule has 0 spiro atoms. The molecule has 4 N–H and O–H groups in total. The second kappa shape index (κ2) is 2.87. The molecule has 1 aromatic heterocycles. The van der Waals surface area contributed by atoms with Gasteiger partial charge in [0.25, 0.3) is 5.91 Å². The van der Waals surface area contributed by atoms with Crippen LogP contribution >= 0.6 is 15.9 Å². The van der Waals surface area contributed by atoms with Gasteiger partial charge in [-0.25, -0.2) is 4.98 Å². The third kappa shape index (κ3) is 1.48. The first-order valence-electron chi connectivity index (χ1n) is 2.82. The first-order chi connectivity index (χ1) is 5.13. The van der Waals surface area contributed by atoms with Crippen LogP contribution in [0.4, 0.5) is 5.69 Å². The van der Waals surface area contributed by atoms with Gasteiger partial charge in [0.05, 0.1) is 4.47 Å². The van der Waals surface area contributed by atoms with E-state index in [0.29, 0.717) is 10.2 Å². The summed E-state index contributed by atoms with van der Waals surface area (Å²) >= 11 is 3.09. The van der Waals surface area contributed by atoms with E-state index in [-0.39, 0.29) is 5.69 Å². The summed E-state index contributed by atoms with van der Waals surface area (Å²) in [5, 5.41) is 0. The largest absolute Gasteiger partial charge is 0.398 e. The van der Waals surface area contributed by atoms with Crippen LogP contribution in [0.15, 0.2) is 16.7 Å². The Kier molecular flexibility index (Phi) is 2.09. The Labute approximate surface area is 71.7 Å². The number of nitrogens with two attached hydrogens (primary N) is 2. The van der Waals surface area contributed by atoms with Crippen molar-refractivity contribution in [3.8, 4) is 0 Å². The molecule has 0 aromatic carbocycles. The number of halogens is 1. The summed E-state index contributed by atoms with van der Waals surface area (Å²) < 4.78 is 0.451. The number of anilines is 1. The van der Waals surface area contributed by atoms with Crippen LogP contribution in [-0.2, 0) is 0 Å². The molecule has 0 atom stereocenters. The number of hydrogen-bond donors (Lipinski definition) is 2. The minimum Gasteiger partial charge on any atom is -0.398 e. The molecular weight excluding hydrogens is 210 g/mol. The fraction of sp³-hybridized carbons (Fsp3) is 0. The van der Waals surface area contributed by atoms with E-state index in [4.69, 9.17) is 11.5 Å². The molecule has 1 heterocycles. The normalized spacial score (nSPS) is 9.55. The van der Waals surface area contributed by atoms with E-state index < -0.39 is 5.91 Å². The third-order valence-corrected chi connectivity index (χ3v) is 1.99. The molecule has 0 bridgehead atoms. The van der Waals surface area contributed by atoms with Crippen LogP contribution in [0.2, 0.25) is 0 Å². The quantitative estimate of drug-likeness (QED) is 0.717. The molecule has 1 rings (SSSR count). The zero-order chi connectivity index (χ0) is 8.43. The summed E-state index contributed by atoms with van der Waals surface area (Å²) in [7, 11) is 0. The molecule has 0 radical (unpaired) electrons. The second-order valence-electron chi connectivity index (χ2n) is 1.93. The minimum atomic E-state index is -0.593. The van der Waals surface area contributed by atoms with E-state index in [0.717, 1.165) is 0 Å². The molecule has 5 heteroatoms. The van der Waals surface area contributed by atoms with Crippen LogP contribution in [0.5, 0.6) is 0 Å². The second-order valence-corrected chi connectivity index (χ2v) is 2.72. The standard InChI is InChI=1S/C6H6BrN3O/c7-4-3(8)1-2-10-5(4)6(9)11/h1-2H,(H2,8,10)(H2,9,11). The number of carbonyl (C=O) groups excluding carboxylic acids is 1. The van der Waals surface area contributed by atoms with Crippen molar-refractivity contribution < 1.29 is 4.79 Å². The lowest BCUT2D eigenvalue weighted by Gasteiger charge is -2.00. The zero-order valence-corrected chi connectivity index (χ0v) is 7.13. The molecule has 0 saturated heterocycles. The molecule has 0 aliphatic carbocycles. The van der Waals surface area contributed by atoms with Gasteiger partial charge in [0.15, 0.2) is 0 Å². The average molecular weight is 216 g/mol. The van der Waals surface area contributed by atoms with Crippen LogP contribution in [0.25, 0.3) is 0 Å². The maximum Gasteiger partial charge on any atom is 0.268 e. The van der Waals surface area contributed by atoms with Crippen molar-refractivity contribution in [1.29, 1.82) is 0 Å². The van der Waals surface area contributed by atoms with E-state index in [1.54, 1.807) is 6.07 Å². The molecule has 1 amide bonds. The summed E-state index contributed by atoms with van der Waals surface area (Å²) in [5.74, 6) is -0.593. The van der Waals surface area contributed by atoms with Crippen LogP contribution in [0, 0.1) is 0 Å². The van der Waals surface area contributed by atoms with Crippen molar-refractivity contribution in [2.45, 2.75) is 0 Å². The van der Waals surface area contributed by atoms with Crippen LogP contribution in [0.3, 0.4) is 0 Å². The highest BCUT2D eigenvalue weighted by atomic mass is 79.9. The Morgan fingerprint density at radius 3 is 2.73 bits per heavy atom. The predicted molar refractivity (Wildman–Crippen MR) is 44.9 cm³/mol. The highest BCUT2D eigenvalue weighted by molar-refractivity contribution is 9.10. The molecule has 11 heavy (non-hydrogen) atoms. The highest BCUT2D eigenvalue weighted by Gasteiger charge is 2.08. The van der Waals surface area contributed by atoms with Gasteiger partial charge in [0, 0.05) is 11.9 Å². The summed E-state index contributed by atoms with van der Waals surface area (Å²) in [6.45, 7) is 0. The molecular formula is C6H6BrN3O. The Balaban J connectivity index is 3.27. The lowest BCUT2D eigenvalue weighted by atomic mass is 10.3. The lowest BCUT2D eigenvalue weighted by Crippen LogP contribution is -2.14. The van der Waals surface area contributed by atoms with E-state index in [1.165, 1.54) is 6.20 Å². The Hall–Kier alpha value is -1.10. The Bertz CT molecular complexity index is 300. The van der Waals surface area contributed by atoms with Gasteiger partial charge in [0.1, 0.15) is 5.69 Å². The summed E-state index contributed by atoms with van der Waals surface area (Å²) in [6.07, 6.45) is 1.43. The number of pyridine rings is 1. The number of amides is 1. The maximum atomic E-state index is 10.6. The van der Waals surface area contributed by atoms with Gasteiger partial charge < -0.3 is 11.5 Å². The van der Waals surface area contributed by atoms with Crippen LogP contribution in [0.1, 0.15) is 10.5 Å². The van der Waals surface area contributed by atoms with E-state index in [2.05, 4.69) is 20.9 Å². The zero-order valence-electron chi connectivity index (χ0n) is 5.54. The van der Waals surface area contributed by atoms with Crippen molar-refractivity contribution in [3.05, 3.63) is 22.4 Å². The van der Waals surface area contributed by atoms with Crippen LogP contribution < -0.4 is 11.5 Å². The number of aromatic nitrogens is 1. The Morgan fingerprint density at radius 1 is 1.64 bits per heavy atom. The van der Waals surface area contributed by atoms with Gasteiger partial charge in [-0.3, -0.25) is 4.79 Å². The minimum absolute atomic E-state index is 0.157. The topological polar surface area (TPSA) is 82.0 Å². The molecule has 4 nitrogen and oxygen atoms in total. The molecule has 0 fully saturated rings. The molecule has 0 saturated carbocycles. The van der Waals surface area contributed by atoms with Gasteiger partial charge in [-0.15, -0.1) is 0 Å². The number of rotatable bonds is 1. The highest BCUT2D eigenvalue weighted by Crippen LogP contribution is 2.20. The smallest absolute Gasteiger partial charge is 0.268 e. The summed E-state index contributed by atoms with van der Waals surface area (Å²) in [6, 6.07) is 1.58. The third-order valence-electron chi connectivity index (χ3n) is 1.15.